The Bertz CT molecular complexity index is 307. The first-order chi connectivity index (χ1) is 6.09. The fourth-order valence-electron chi connectivity index (χ4n) is 1.34. The van der Waals surface area contributed by atoms with Crippen LogP contribution >= 0.6 is 11.6 Å². The van der Waals surface area contributed by atoms with Gasteiger partial charge in [-0.2, -0.15) is 0 Å². The van der Waals surface area contributed by atoms with E-state index in [2.05, 4.69) is 6.07 Å². The number of rotatable bonds is 3. The van der Waals surface area contributed by atoms with Crippen LogP contribution in [0.15, 0.2) is 24.3 Å². The number of carbonyl (C=O) groups is 1. The molecule has 0 aliphatic heterocycles. The summed E-state index contributed by atoms with van der Waals surface area (Å²) in [4.78, 5) is 10.7. The molecule has 0 aliphatic rings. The van der Waals surface area contributed by atoms with Crippen molar-refractivity contribution < 1.29 is 4.79 Å². The summed E-state index contributed by atoms with van der Waals surface area (Å²) in [6.45, 7) is 4.05. The fourth-order valence-corrected chi connectivity index (χ4v) is 1.57. The zero-order chi connectivity index (χ0) is 9.84. The third-order valence-electron chi connectivity index (χ3n) is 2.08. The van der Waals surface area contributed by atoms with Crippen molar-refractivity contribution in [1.82, 2.24) is 0 Å². The second-order valence-corrected chi connectivity index (χ2v) is 3.80. The van der Waals surface area contributed by atoms with Gasteiger partial charge in [0.2, 0.25) is 5.24 Å². The predicted molar refractivity (Wildman–Crippen MR) is 55.1 cm³/mol. The number of carbonyl (C=O) groups excluding carboxylic acids is 1. The number of hydrogen-bond acceptors (Lipinski definition) is 1. The minimum Gasteiger partial charge on any atom is -0.281 e. The van der Waals surface area contributed by atoms with Crippen molar-refractivity contribution >= 4 is 16.8 Å². The monoisotopic (exact) mass is 196 g/mol. The van der Waals surface area contributed by atoms with Gasteiger partial charge in [-0.3, -0.25) is 4.79 Å². The largest absolute Gasteiger partial charge is 0.281 e. The molecule has 1 unspecified atom stereocenters. The predicted octanol–water partition coefficient (Wildman–Crippen LogP) is 3.25. The van der Waals surface area contributed by atoms with E-state index in [1.54, 1.807) is 0 Å². The molecular weight excluding hydrogens is 184 g/mol. The first-order valence-electron chi connectivity index (χ1n) is 4.34. The molecule has 0 aliphatic carbocycles. The van der Waals surface area contributed by atoms with Crippen LogP contribution in [-0.4, -0.2) is 5.24 Å². The lowest BCUT2D eigenvalue weighted by Gasteiger charge is -2.09. The zero-order valence-corrected chi connectivity index (χ0v) is 8.64. The highest BCUT2D eigenvalue weighted by Gasteiger charge is 2.08. The van der Waals surface area contributed by atoms with Crippen molar-refractivity contribution in [2.75, 3.05) is 0 Å². The molecule has 0 radical (unpaired) electrons. The summed E-state index contributed by atoms with van der Waals surface area (Å²) in [6, 6.07) is 8.15. The molecule has 0 bridgehead atoms. The van der Waals surface area contributed by atoms with Crippen molar-refractivity contribution in [2.45, 2.75) is 26.2 Å². The number of aryl methyl sites for hydroxylation is 1. The Balaban J connectivity index is 2.76. The molecule has 0 spiro atoms. The van der Waals surface area contributed by atoms with Gasteiger partial charge in [-0.05, 0) is 30.0 Å². The average Bonchev–Trinajstić information content (AvgIpc) is 2.03. The first kappa shape index (κ1) is 10.3. The Morgan fingerprint density at radius 2 is 2.23 bits per heavy atom. The molecule has 1 aromatic rings. The Morgan fingerprint density at radius 3 is 2.77 bits per heavy atom. The summed E-state index contributed by atoms with van der Waals surface area (Å²) in [5.41, 5.74) is 2.39. The molecule has 1 nitrogen and oxygen atoms in total. The van der Waals surface area contributed by atoms with Gasteiger partial charge in [-0.1, -0.05) is 36.8 Å². The van der Waals surface area contributed by atoms with Crippen LogP contribution in [0.2, 0.25) is 0 Å². The molecule has 2 heteroatoms. The van der Waals surface area contributed by atoms with Crippen LogP contribution in [0.1, 0.15) is 30.4 Å². The topological polar surface area (TPSA) is 17.1 Å². The maximum atomic E-state index is 10.7. The zero-order valence-electron chi connectivity index (χ0n) is 7.88. The molecule has 0 amide bonds. The van der Waals surface area contributed by atoms with Crippen molar-refractivity contribution in [2.24, 2.45) is 0 Å². The van der Waals surface area contributed by atoms with E-state index in [-0.39, 0.29) is 11.2 Å². The van der Waals surface area contributed by atoms with Crippen molar-refractivity contribution in [3.05, 3.63) is 35.4 Å². The van der Waals surface area contributed by atoms with Gasteiger partial charge < -0.3 is 0 Å². The minimum absolute atomic E-state index is 0.213. The van der Waals surface area contributed by atoms with Gasteiger partial charge >= 0.3 is 0 Å². The van der Waals surface area contributed by atoms with E-state index in [1.165, 1.54) is 11.1 Å². The normalized spacial score (nSPS) is 12.5. The summed E-state index contributed by atoms with van der Waals surface area (Å²) in [5, 5.41) is -0.269. The molecular formula is C11H13ClO. The van der Waals surface area contributed by atoms with E-state index in [0.29, 0.717) is 6.42 Å². The molecule has 1 atom stereocenters. The number of hydrogen-bond donors (Lipinski definition) is 0. The lowest BCUT2D eigenvalue weighted by molar-refractivity contribution is -0.111. The average molecular weight is 197 g/mol. The maximum Gasteiger partial charge on any atom is 0.222 e. The van der Waals surface area contributed by atoms with Crippen molar-refractivity contribution in [1.29, 1.82) is 0 Å². The second-order valence-electron chi connectivity index (χ2n) is 3.37. The molecule has 1 rings (SSSR count). The molecule has 0 saturated carbocycles. The Kier molecular flexibility index (Phi) is 3.49. The highest BCUT2D eigenvalue weighted by atomic mass is 35.5. The quantitative estimate of drug-likeness (QED) is 0.679. The first-order valence-corrected chi connectivity index (χ1v) is 4.72. The smallest absolute Gasteiger partial charge is 0.222 e. The highest BCUT2D eigenvalue weighted by Crippen LogP contribution is 2.20. The van der Waals surface area contributed by atoms with Gasteiger partial charge in [0.15, 0.2) is 0 Å². The Morgan fingerprint density at radius 1 is 1.54 bits per heavy atom. The summed E-state index contributed by atoms with van der Waals surface area (Å²) in [6.07, 6.45) is 0.408. The lowest BCUT2D eigenvalue weighted by Crippen LogP contribution is -1.98. The third kappa shape index (κ3) is 3.19. The molecule has 0 N–H and O–H groups in total. The van der Waals surface area contributed by atoms with Gasteiger partial charge in [0, 0.05) is 6.42 Å². The fraction of sp³-hybridized carbons (Fsp3) is 0.364. The minimum atomic E-state index is -0.269. The molecule has 0 aromatic heterocycles. The van der Waals surface area contributed by atoms with Crippen LogP contribution in [-0.2, 0) is 4.79 Å². The van der Waals surface area contributed by atoms with Crippen LogP contribution < -0.4 is 0 Å². The Hall–Kier alpha value is -0.820. The van der Waals surface area contributed by atoms with Crippen LogP contribution in [0.3, 0.4) is 0 Å². The van der Waals surface area contributed by atoms with Crippen molar-refractivity contribution in [3.8, 4) is 0 Å². The van der Waals surface area contributed by atoms with Crippen LogP contribution in [0.4, 0.5) is 0 Å². The van der Waals surface area contributed by atoms with E-state index >= 15 is 0 Å². The van der Waals surface area contributed by atoms with E-state index in [4.69, 9.17) is 11.6 Å². The van der Waals surface area contributed by atoms with Gasteiger partial charge in [0.25, 0.3) is 0 Å². The van der Waals surface area contributed by atoms with Gasteiger partial charge in [-0.15, -0.1) is 0 Å². The van der Waals surface area contributed by atoms with E-state index in [0.717, 1.165) is 0 Å². The summed E-state index contributed by atoms with van der Waals surface area (Å²) in [7, 11) is 0. The SMILES string of the molecule is Cc1cccc(C(C)CC(=O)Cl)c1. The summed E-state index contributed by atoms with van der Waals surface area (Å²) in [5.74, 6) is 0.213. The molecule has 70 valence electrons. The molecule has 0 fully saturated rings. The highest BCUT2D eigenvalue weighted by molar-refractivity contribution is 6.63. The lowest BCUT2D eigenvalue weighted by atomic mass is 9.97. The van der Waals surface area contributed by atoms with Crippen LogP contribution in [0.25, 0.3) is 0 Å². The summed E-state index contributed by atoms with van der Waals surface area (Å²) >= 11 is 5.32. The number of halogens is 1. The van der Waals surface area contributed by atoms with Gasteiger partial charge in [0.05, 0.1) is 0 Å². The third-order valence-corrected chi connectivity index (χ3v) is 2.23. The van der Waals surface area contributed by atoms with Gasteiger partial charge in [0.1, 0.15) is 0 Å². The van der Waals surface area contributed by atoms with Gasteiger partial charge in [-0.25, -0.2) is 0 Å². The van der Waals surface area contributed by atoms with E-state index in [9.17, 15) is 4.79 Å². The molecule has 13 heavy (non-hydrogen) atoms. The molecule has 1 aromatic carbocycles. The van der Waals surface area contributed by atoms with E-state index < -0.39 is 0 Å². The maximum absolute atomic E-state index is 10.7. The van der Waals surface area contributed by atoms with Crippen molar-refractivity contribution in [3.63, 3.8) is 0 Å². The Labute approximate surface area is 83.7 Å². The van der Waals surface area contributed by atoms with Crippen LogP contribution in [0.5, 0.6) is 0 Å². The standard InChI is InChI=1S/C11H13ClO/c1-8-4-3-5-10(6-8)9(2)7-11(12)13/h3-6,9H,7H2,1-2H3. The van der Waals surface area contributed by atoms with Crippen LogP contribution in [0, 0.1) is 6.92 Å². The molecule has 0 heterocycles. The second kappa shape index (κ2) is 4.43. The molecule has 0 saturated heterocycles. The number of benzene rings is 1. The van der Waals surface area contributed by atoms with E-state index in [1.807, 2.05) is 32.0 Å². The summed E-state index contributed by atoms with van der Waals surface area (Å²) < 4.78 is 0.